The Balaban J connectivity index is 0.000000557. The Morgan fingerprint density at radius 2 is 1.88 bits per heavy atom. The molecule has 0 unspecified atom stereocenters. The third-order valence-electron chi connectivity index (χ3n) is 1.56. The molecule has 17 heavy (non-hydrogen) atoms. The van der Waals surface area contributed by atoms with Crippen molar-refractivity contribution < 1.29 is 22.7 Å². The Labute approximate surface area is 105 Å². The van der Waals surface area contributed by atoms with Crippen LogP contribution in [0.25, 0.3) is 0 Å². The minimum Gasteiger partial charge on any atom is -0.476 e. The zero-order valence-corrected chi connectivity index (χ0v) is 11.3. The van der Waals surface area contributed by atoms with Crippen LogP contribution >= 0.6 is 11.6 Å². The van der Waals surface area contributed by atoms with Crippen LogP contribution in [0.15, 0.2) is 14.3 Å². The first kappa shape index (κ1) is 16.1. The average Bonchev–Trinajstić information content (AvgIpc) is 2.50. The van der Waals surface area contributed by atoms with Crippen LogP contribution in [-0.2, 0) is 24.3 Å². The molecule has 0 radical (unpaired) electrons. The van der Waals surface area contributed by atoms with Gasteiger partial charge in [-0.2, -0.15) is 8.42 Å². The van der Waals surface area contributed by atoms with Gasteiger partial charge in [0.25, 0.3) is 10.0 Å². The summed E-state index contributed by atoms with van der Waals surface area (Å²) in [5.41, 5.74) is 0. The molecular formula is C9H14ClNO5S. The molecule has 6 nitrogen and oxygen atoms in total. The monoisotopic (exact) mass is 283 g/mol. The van der Waals surface area contributed by atoms with E-state index in [2.05, 4.69) is 9.13 Å². The van der Waals surface area contributed by atoms with E-state index in [1.165, 1.54) is 0 Å². The summed E-state index contributed by atoms with van der Waals surface area (Å²) in [6, 6.07) is 0. The van der Waals surface area contributed by atoms with Crippen molar-refractivity contribution in [3.05, 3.63) is 9.94 Å². The molecule has 8 heteroatoms. The van der Waals surface area contributed by atoms with Gasteiger partial charge in [0, 0.05) is 13.7 Å². The van der Waals surface area contributed by atoms with Crippen LogP contribution in [-0.4, -0.2) is 40.9 Å². The zero-order valence-electron chi connectivity index (χ0n) is 9.77. The van der Waals surface area contributed by atoms with Crippen LogP contribution in [0.1, 0.15) is 13.8 Å². The molecular weight excluding hydrogens is 270 g/mol. The zero-order chi connectivity index (χ0) is 13.5. The first-order valence-corrected chi connectivity index (χ1v) is 6.58. The van der Waals surface area contributed by atoms with Gasteiger partial charge in [0.1, 0.15) is 5.03 Å². The van der Waals surface area contributed by atoms with E-state index in [1.807, 2.05) is 6.92 Å². The van der Waals surface area contributed by atoms with Crippen LogP contribution in [0, 0.1) is 0 Å². The number of sulfonamides is 1. The van der Waals surface area contributed by atoms with Gasteiger partial charge in [-0.05, 0) is 13.8 Å². The summed E-state index contributed by atoms with van der Waals surface area (Å²) < 4.78 is 34.6. The normalized spacial score (nSPS) is 17.1. The summed E-state index contributed by atoms with van der Waals surface area (Å²) in [5.74, 6) is -0.216. The highest BCUT2D eigenvalue weighted by molar-refractivity contribution is 7.95. The highest BCUT2D eigenvalue weighted by atomic mass is 35.5. The lowest BCUT2D eigenvalue weighted by molar-refractivity contribution is -0.104. The smallest absolute Gasteiger partial charge is 0.290 e. The van der Waals surface area contributed by atoms with Gasteiger partial charge in [-0.15, -0.1) is 4.40 Å². The topological polar surface area (TPSA) is 82.0 Å². The van der Waals surface area contributed by atoms with E-state index in [0.29, 0.717) is 0 Å². The van der Waals surface area contributed by atoms with E-state index in [-0.39, 0.29) is 23.8 Å². The van der Waals surface area contributed by atoms with Gasteiger partial charge in [0.05, 0.1) is 6.61 Å². The summed E-state index contributed by atoms with van der Waals surface area (Å²) in [7, 11) is -2.23. The number of ether oxygens (including phenoxy) is 2. The van der Waals surface area contributed by atoms with Crippen LogP contribution in [0.4, 0.5) is 0 Å². The number of methoxy groups -OCH3 is 1. The summed E-state index contributed by atoms with van der Waals surface area (Å²) in [6.45, 7) is 4.66. The standard InChI is InChI=1S/C6H6ClNO4S.C3H8O/c1-2-12-6-5(7)4(3-9)13(10,11)8-6;1-3-4-2/h3H,2H2,1H3;3H2,1-2H3. The fraction of sp³-hybridized carbons (Fsp3) is 0.556. The average molecular weight is 284 g/mol. The van der Waals surface area contributed by atoms with E-state index in [9.17, 15) is 13.2 Å². The lowest BCUT2D eigenvalue weighted by Crippen LogP contribution is -2.02. The van der Waals surface area contributed by atoms with E-state index >= 15 is 0 Å². The van der Waals surface area contributed by atoms with Gasteiger partial charge in [0.2, 0.25) is 5.90 Å². The van der Waals surface area contributed by atoms with Gasteiger partial charge in [-0.1, -0.05) is 11.6 Å². The molecule has 0 saturated carbocycles. The Bertz CT molecular complexity index is 425. The molecule has 98 valence electrons. The Morgan fingerprint density at radius 1 is 1.35 bits per heavy atom. The van der Waals surface area contributed by atoms with E-state index in [1.54, 1.807) is 14.0 Å². The number of allylic oxidation sites excluding steroid dienone is 1. The first-order chi connectivity index (χ1) is 7.94. The maximum atomic E-state index is 11.0. The second-order valence-electron chi connectivity index (χ2n) is 2.68. The Morgan fingerprint density at radius 3 is 2.18 bits per heavy atom. The summed E-state index contributed by atoms with van der Waals surface area (Å²) >= 11 is 5.52. The molecule has 1 aliphatic rings. The van der Waals surface area contributed by atoms with Gasteiger partial charge in [-0.3, -0.25) is 4.79 Å². The lowest BCUT2D eigenvalue weighted by Gasteiger charge is -1.98. The molecule has 0 aromatic heterocycles. The number of aldehydes is 1. The SMILES string of the molecule is CCOC.CCOC1=NS(=O)(=O)C(C=O)=C1Cl. The molecule has 0 atom stereocenters. The molecule has 1 rings (SSSR count). The van der Waals surface area contributed by atoms with E-state index < -0.39 is 14.9 Å². The van der Waals surface area contributed by atoms with Gasteiger partial charge in [0.15, 0.2) is 11.2 Å². The van der Waals surface area contributed by atoms with Crippen LogP contribution in [0.3, 0.4) is 0 Å². The van der Waals surface area contributed by atoms with Crippen molar-refractivity contribution >= 4 is 33.8 Å². The molecule has 1 aliphatic heterocycles. The number of carbonyl (C=O) groups is 1. The fourth-order valence-corrected chi connectivity index (χ4v) is 2.14. The number of hydrogen-bond donors (Lipinski definition) is 0. The molecule has 0 N–H and O–H groups in total. The predicted molar refractivity (Wildman–Crippen MR) is 64.5 cm³/mol. The highest BCUT2D eigenvalue weighted by Crippen LogP contribution is 2.25. The molecule has 1 heterocycles. The molecule has 0 spiro atoms. The lowest BCUT2D eigenvalue weighted by atomic mass is 10.5. The molecule has 0 saturated heterocycles. The second kappa shape index (κ2) is 7.41. The number of carbonyl (C=O) groups excluding carboxylic acids is 1. The predicted octanol–water partition coefficient (Wildman–Crippen LogP) is 1.07. The van der Waals surface area contributed by atoms with Crippen LogP contribution in [0.5, 0.6) is 0 Å². The number of rotatable bonds is 3. The maximum Gasteiger partial charge on any atom is 0.290 e. The number of hydrogen-bond acceptors (Lipinski definition) is 5. The van der Waals surface area contributed by atoms with E-state index in [4.69, 9.17) is 16.3 Å². The summed E-state index contributed by atoms with van der Waals surface area (Å²) in [6.07, 6.45) is 0.146. The minimum atomic E-state index is -3.92. The maximum absolute atomic E-state index is 11.0. The van der Waals surface area contributed by atoms with Crippen LogP contribution in [0.2, 0.25) is 0 Å². The molecule has 0 bridgehead atoms. The summed E-state index contributed by atoms with van der Waals surface area (Å²) in [5, 5.41) is -0.253. The van der Waals surface area contributed by atoms with E-state index in [0.717, 1.165) is 6.61 Å². The van der Waals surface area contributed by atoms with Crippen molar-refractivity contribution in [1.82, 2.24) is 0 Å². The van der Waals surface area contributed by atoms with Gasteiger partial charge < -0.3 is 9.47 Å². The first-order valence-electron chi connectivity index (χ1n) is 4.76. The van der Waals surface area contributed by atoms with Crippen LogP contribution < -0.4 is 0 Å². The minimum absolute atomic E-state index is 0.146. The Kier molecular flexibility index (Phi) is 7.01. The molecule has 0 aromatic rings. The van der Waals surface area contributed by atoms with Crippen molar-refractivity contribution in [2.75, 3.05) is 20.3 Å². The molecule has 0 amide bonds. The third kappa shape index (κ3) is 4.45. The van der Waals surface area contributed by atoms with Crippen molar-refractivity contribution in [2.45, 2.75) is 13.8 Å². The van der Waals surface area contributed by atoms with Crippen molar-refractivity contribution in [3.63, 3.8) is 0 Å². The molecule has 0 aromatic carbocycles. The summed E-state index contributed by atoms with van der Waals surface area (Å²) in [4.78, 5) is 9.79. The second-order valence-corrected chi connectivity index (χ2v) is 4.63. The van der Waals surface area contributed by atoms with Crippen molar-refractivity contribution in [3.8, 4) is 0 Å². The van der Waals surface area contributed by atoms with Gasteiger partial charge >= 0.3 is 0 Å². The fourth-order valence-electron chi connectivity index (χ4n) is 0.756. The quantitative estimate of drug-likeness (QED) is 0.724. The molecule has 0 aliphatic carbocycles. The van der Waals surface area contributed by atoms with Crippen molar-refractivity contribution in [2.24, 2.45) is 4.40 Å². The molecule has 0 fully saturated rings. The largest absolute Gasteiger partial charge is 0.476 e. The highest BCUT2D eigenvalue weighted by Gasteiger charge is 2.32. The van der Waals surface area contributed by atoms with Gasteiger partial charge in [-0.25, -0.2) is 0 Å². The Hall–Kier alpha value is -0.920. The third-order valence-corrected chi connectivity index (χ3v) is 3.30. The van der Waals surface area contributed by atoms with Crippen molar-refractivity contribution in [1.29, 1.82) is 0 Å². The number of halogens is 1. The number of nitrogens with zero attached hydrogens (tertiary/aromatic N) is 1.